The Morgan fingerprint density at radius 3 is 2.38 bits per heavy atom. The molecule has 132 valence electrons. The largest absolute Gasteiger partial charge is 1.00 e. The minimum atomic E-state index is -0.374. The fourth-order valence-corrected chi connectivity index (χ4v) is 3.72. The molecule has 2 aromatic carbocycles. The molecule has 0 saturated heterocycles. The van der Waals surface area contributed by atoms with Crippen LogP contribution in [0.1, 0.15) is 22.9 Å². The highest BCUT2D eigenvalue weighted by atomic mass is 35.5. The molecule has 0 spiro atoms. The molecule has 1 atom stereocenters. The van der Waals surface area contributed by atoms with Crippen LogP contribution in [0.4, 0.5) is 11.4 Å². The zero-order chi connectivity index (χ0) is 17.2. The van der Waals surface area contributed by atoms with E-state index in [0.717, 1.165) is 28.3 Å². The van der Waals surface area contributed by atoms with Crippen LogP contribution in [0.15, 0.2) is 77.2 Å². The van der Waals surface area contributed by atoms with Crippen LogP contribution >= 0.6 is 11.3 Å². The number of nitro groups is 1. The van der Waals surface area contributed by atoms with E-state index in [1.165, 1.54) is 0 Å². The number of halogens is 1. The number of non-ortho nitro benzene ring substituents is 1. The van der Waals surface area contributed by atoms with Gasteiger partial charge in [-0.3, -0.25) is 15.1 Å². The van der Waals surface area contributed by atoms with Crippen molar-refractivity contribution in [1.29, 1.82) is 0 Å². The summed E-state index contributed by atoms with van der Waals surface area (Å²) in [5.74, 6) is 0. The fraction of sp³-hybridized carbons (Fsp3) is 0.105. The Bertz CT molecular complexity index is 912. The Hall–Kier alpha value is -2.70. The van der Waals surface area contributed by atoms with Crippen molar-refractivity contribution in [3.8, 4) is 0 Å². The van der Waals surface area contributed by atoms with Gasteiger partial charge < -0.3 is 12.4 Å². The van der Waals surface area contributed by atoms with E-state index in [9.17, 15) is 10.1 Å². The van der Waals surface area contributed by atoms with Gasteiger partial charge in [-0.1, -0.05) is 36.4 Å². The summed E-state index contributed by atoms with van der Waals surface area (Å²) in [6.07, 6.45) is 0.771. The summed E-state index contributed by atoms with van der Waals surface area (Å²) >= 11 is 1.67. The molecule has 7 heteroatoms. The monoisotopic (exact) mass is 384 g/mol. The van der Waals surface area contributed by atoms with Crippen molar-refractivity contribution in [3.63, 3.8) is 0 Å². The zero-order valence-electron chi connectivity index (χ0n) is 13.7. The van der Waals surface area contributed by atoms with E-state index in [2.05, 4.69) is 6.07 Å². The van der Waals surface area contributed by atoms with E-state index >= 15 is 0 Å². The van der Waals surface area contributed by atoms with Gasteiger partial charge in [0.15, 0.2) is 0 Å². The highest BCUT2D eigenvalue weighted by molar-refractivity contribution is 7.12. The number of hydrogen-bond donors (Lipinski definition) is 0. The van der Waals surface area contributed by atoms with Crippen LogP contribution in [0.25, 0.3) is 0 Å². The lowest BCUT2D eigenvalue weighted by atomic mass is 10.0. The lowest BCUT2D eigenvalue weighted by Gasteiger charge is -2.23. The van der Waals surface area contributed by atoms with E-state index in [1.807, 2.05) is 58.9 Å². The first kappa shape index (κ1) is 18.1. The van der Waals surface area contributed by atoms with Crippen LogP contribution in [0, 0.1) is 10.1 Å². The second-order valence-corrected chi connectivity index (χ2v) is 6.72. The molecule has 1 unspecified atom stereocenters. The number of rotatable bonds is 4. The smallest absolute Gasteiger partial charge is 0.269 e. The van der Waals surface area contributed by atoms with Gasteiger partial charge in [-0.2, -0.15) is 5.10 Å². The van der Waals surface area contributed by atoms with E-state index in [0.29, 0.717) is 0 Å². The minimum absolute atomic E-state index is 0. The molecular weight excluding hydrogens is 370 g/mol. The predicted octanol–water partition coefficient (Wildman–Crippen LogP) is 2.02. The molecule has 0 radical (unpaired) electrons. The van der Waals surface area contributed by atoms with Gasteiger partial charge >= 0.3 is 0 Å². The lowest BCUT2D eigenvalue weighted by molar-refractivity contribution is -0.384. The summed E-state index contributed by atoms with van der Waals surface area (Å²) in [4.78, 5) is 11.7. The Balaban J connectivity index is 0.00000196. The van der Waals surface area contributed by atoms with Gasteiger partial charge in [0.25, 0.3) is 5.69 Å². The molecule has 1 aliphatic heterocycles. The van der Waals surface area contributed by atoms with E-state index < -0.39 is 0 Å². The highest BCUT2D eigenvalue weighted by Crippen LogP contribution is 2.37. The molecular formula is C19H15ClN3O2S-. The van der Waals surface area contributed by atoms with Gasteiger partial charge in [-0.05, 0) is 29.1 Å². The highest BCUT2D eigenvalue weighted by Gasteiger charge is 2.30. The summed E-state index contributed by atoms with van der Waals surface area (Å²) in [6.45, 7) is 0. The van der Waals surface area contributed by atoms with Crippen LogP contribution in [0.3, 0.4) is 0 Å². The van der Waals surface area contributed by atoms with Gasteiger partial charge in [0, 0.05) is 18.6 Å². The molecule has 0 fully saturated rings. The average Bonchev–Trinajstić information content (AvgIpc) is 3.32. The fourth-order valence-electron chi connectivity index (χ4n) is 3.00. The third kappa shape index (κ3) is 3.47. The molecule has 0 saturated carbocycles. The molecule has 5 nitrogen and oxygen atoms in total. The number of nitrogens with zero attached hydrogens (tertiary/aromatic N) is 3. The summed E-state index contributed by atoms with van der Waals surface area (Å²) in [5.41, 5.74) is 3.18. The van der Waals surface area contributed by atoms with E-state index in [1.54, 1.807) is 23.5 Å². The van der Waals surface area contributed by atoms with Crippen molar-refractivity contribution >= 4 is 28.4 Å². The molecule has 0 aliphatic carbocycles. The van der Waals surface area contributed by atoms with Crippen LogP contribution in [-0.2, 0) is 0 Å². The summed E-state index contributed by atoms with van der Waals surface area (Å²) < 4.78 is 0. The first-order valence-corrected chi connectivity index (χ1v) is 8.80. The number of para-hydroxylation sites is 1. The Morgan fingerprint density at radius 2 is 1.77 bits per heavy atom. The van der Waals surface area contributed by atoms with Crippen LogP contribution in [-0.4, -0.2) is 10.6 Å². The summed E-state index contributed by atoms with van der Waals surface area (Å²) in [5, 5.41) is 19.8. The number of hydrogen-bond acceptors (Lipinski definition) is 5. The van der Waals surface area contributed by atoms with E-state index in [-0.39, 0.29) is 29.1 Å². The molecule has 1 aromatic heterocycles. The third-order valence-electron chi connectivity index (χ3n) is 4.23. The predicted molar refractivity (Wildman–Crippen MR) is 100 cm³/mol. The lowest BCUT2D eigenvalue weighted by Crippen LogP contribution is -3.00. The molecule has 0 bridgehead atoms. The van der Waals surface area contributed by atoms with Gasteiger partial charge in [-0.25, -0.2) is 0 Å². The molecule has 1 aliphatic rings. The number of nitro benzene ring substituents is 1. The van der Waals surface area contributed by atoms with Crippen molar-refractivity contribution in [1.82, 2.24) is 0 Å². The quantitative estimate of drug-likeness (QED) is 0.510. The summed E-state index contributed by atoms with van der Waals surface area (Å²) in [6, 6.07) is 20.9. The van der Waals surface area contributed by atoms with E-state index in [4.69, 9.17) is 5.10 Å². The maximum absolute atomic E-state index is 10.9. The zero-order valence-corrected chi connectivity index (χ0v) is 15.2. The normalized spacial score (nSPS) is 16.1. The second kappa shape index (κ2) is 7.68. The molecule has 2 heterocycles. The number of benzene rings is 2. The molecule has 0 amide bonds. The van der Waals surface area contributed by atoms with Crippen LogP contribution < -0.4 is 17.4 Å². The number of thiophene rings is 1. The van der Waals surface area contributed by atoms with Crippen molar-refractivity contribution in [3.05, 3.63) is 92.7 Å². The van der Waals surface area contributed by atoms with Crippen molar-refractivity contribution in [2.24, 2.45) is 5.10 Å². The Morgan fingerprint density at radius 1 is 1.04 bits per heavy atom. The minimum Gasteiger partial charge on any atom is -1.00 e. The van der Waals surface area contributed by atoms with Gasteiger partial charge in [0.1, 0.15) is 0 Å². The standard InChI is InChI=1S/C19H15N3O2S.ClH/c23-22(24)16-10-8-14(9-11-16)18-13-17(19-7-4-12-25-19)20-21(18)15-5-2-1-3-6-15;/h1-12,18H,13H2;1H/p-1. The second-order valence-electron chi connectivity index (χ2n) is 5.77. The van der Waals surface area contributed by atoms with Gasteiger partial charge in [0.05, 0.1) is 27.2 Å². The van der Waals surface area contributed by atoms with Crippen molar-refractivity contribution in [2.75, 3.05) is 5.01 Å². The SMILES string of the molecule is O=[N+]([O-])c1ccc(C2CC(c3cccs3)=NN2c2ccccc2)cc1.[Cl-]. The number of hydrazone groups is 1. The Kier molecular flexibility index (Phi) is 5.35. The molecule has 0 N–H and O–H groups in total. The van der Waals surface area contributed by atoms with Gasteiger partial charge in [-0.15, -0.1) is 11.3 Å². The molecule has 4 rings (SSSR count). The molecule has 26 heavy (non-hydrogen) atoms. The van der Waals surface area contributed by atoms with Crippen LogP contribution in [0.2, 0.25) is 0 Å². The average molecular weight is 385 g/mol. The maximum atomic E-state index is 10.9. The summed E-state index contributed by atoms with van der Waals surface area (Å²) in [7, 11) is 0. The topological polar surface area (TPSA) is 58.7 Å². The van der Waals surface area contributed by atoms with Crippen molar-refractivity contribution < 1.29 is 17.3 Å². The van der Waals surface area contributed by atoms with Crippen molar-refractivity contribution in [2.45, 2.75) is 12.5 Å². The third-order valence-corrected chi connectivity index (χ3v) is 5.14. The Labute approximate surface area is 161 Å². The van der Waals surface area contributed by atoms with Gasteiger partial charge in [0.2, 0.25) is 0 Å². The van der Waals surface area contributed by atoms with Crippen LogP contribution in [0.5, 0.6) is 0 Å². The first-order valence-electron chi connectivity index (χ1n) is 7.92. The number of anilines is 1. The molecule has 3 aromatic rings. The first-order chi connectivity index (χ1) is 12.2. The maximum Gasteiger partial charge on any atom is 0.269 e.